The second-order valence-corrected chi connectivity index (χ2v) is 9.66. The number of rotatable bonds is 7. The molecule has 1 aromatic heterocycles. The Morgan fingerprint density at radius 1 is 1.21 bits per heavy atom. The summed E-state index contributed by atoms with van der Waals surface area (Å²) in [6.07, 6.45) is 1.02. The van der Waals surface area contributed by atoms with E-state index >= 15 is 0 Å². The fourth-order valence-electron chi connectivity index (χ4n) is 3.87. The van der Waals surface area contributed by atoms with E-state index in [4.69, 9.17) is 4.84 Å². The Morgan fingerprint density at radius 2 is 1.86 bits per heavy atom. The number of fused-ring (bicyclic) bond motifs is 1. The van der Waals surface area contributed by atoms with Gasteiger partial charge in [-0.25, -0.2) is 8.42 Å². The normalized spacial score (nSPS) is 20.7. The molecule has 1 aliphatic rings. The van der Waals surface area contributed by atoms with Gasteiger partial charge in [-0.05, 0) is 55.5 Å². The second kappa shape index (κ2) is 8.66. The number of benzene rings is 1. The summed E-state index contributed by atoms with van der Waals surface area (Å²) in [5.74, 6) is 0.469. The molecule has 29 heavy (non-hydrogen) atoms. The van der Waals surface area contributed by atoms with Crippen molar-refractivity contribution < 1.29 is 18.0 Å². The molecule has 0 saturated carbocycles. The van der Waals surface area contributed by atoms with Crippen molar-refractivity contribution in [2.45, 2.75) is 39.0 Å². The molecule has 10 heteroatoms. The van der Waals surface area contributed by atoms with Crippen molar-refractivity contribution in [2.24, 2.45) is 11.8 Å². The van der Waals surface area contributed by atoms with E-state index in [1.807, 2.05) is 13.8 Å². The fraction of sp³-hybridized carbons (Fsp3) is 0.632. The zero-order valence-corrected chi connectivity index (χ0v) is 18.2. The van der Waals surface area contributed by atoms with Crippen LogP contribution in [0.5, 0.6) is 0 Å². The maximum Gasteiger partial charge on any atom is 0.263 e. The summed E-state index contributed by atoms with van der Waals surface area (Å²) in [6.45, 7) is 9.93. The molecule has 160 valence electrons. The lowest BCUT2D eigenvalue weighted by atomic mass is 9.94. The van der Waals surface area contributed by atoms with Crippen molar-refractivity contribution in [3.05, 3.63) is 18.2 Å². The lowest BCUT2D eigenvalue weighted by Gasteiger charge is -2.34. The molecule has 1 fully saturated rings. The molecule has 2 heterocycles. The number of hydrogen-bond acceptors (Lipinski definition) is 6. The van der Waals surface area contributed by atoms with Crippen LogP contribution in [0.15, 0.2) is 23.1 Å². The van der Waals surface area contributed by atoms with Gasteiger partial charge in [0.25, 0.3) is 5.91 Å². The van der Waals surface area contributed by atoms with E-state index in [1.165, 1.54) is 6.07 Å². The fourth-order valence-corrected chi connectivity index (χ4v) is 5.57. The minimum atomic E-state index is -3.63. The number of sulfonamides is 1. The molecule has 0 N–H and O–H groups in total. The molecule has 1 saturated heterocycles. The summed E-state index contributed by atoms with van der Waals surface area (Å²) in [6, 6.07) is 4.66. The van der Waals surface area contributed by atoms with Crippen LogP contribution < -0.4 is 4.84 Å². The average molecular weight is 424 g/mol. The third-order valence-electron chi connectivity index (χ3n) is 5.29. The van der Waals surface area contributed by atoms with Crippen LogP contribution in [-0.4, -0.2) is 71.5 Å². The van der Waals surface area contributed by atoms with Gasteiger partial charge in [0, 0.05) is 26.2 Å². The van der Waals surface area contributed by atoms with Crippen LogP contribution >= 0.6 is 0 Å². The standard InChI is InChI=1S/C19H29N5O4S/c1-5-22(6-2)19(25)13-28-24-18-10-16(7-8-17(18)20-21-24)29(26,27)23-11-14(3)9-15(4)12-23/h7-8,10,14-15H,5-6,9,11-13H2,1-4H3/t14-,15-/m0/s1. The SMILES string of the molecule is CCN(CC)C(=O)COn1nnc2ccc(S(=O)(=O)N3C[C@@H](C)C[C@H](C)C3)cc21. The highest BCUT2D eigenvalue weighted by Gasteiger charge is 2.32. The molecule has 0 unspecified atom stereocenters. The van der Waals surface area contributed by atoms with Gasteiger partial charge in [-0.3, -0.25) is 4.79 Å². The average Bonchev–Trinajstić information content (AvgIpc) is 3.09. The van der Waals surface area contributed by atoms with Crippen LogP contribution in [-0.2, 0) is 14.8 Å². The molecule has 3 rings (SSSR count). The van der Waals surface area contributed by atoms with E-state index in [9.17, 15) is 13.2 Å². The summed E-state index contributed by atoms with van der Waals surface area (Å²) >= 11 is 0. The number of amides is 1. The Labute approximate surface area is 171 Å². The first kappa shape index (κ1) is 21.5. The van der Waals surface area contributed by atoms with Crippen LogP contribution in [0, 0.1) is 11.8 Å². The third kappa shape index (κ3) is 4.53. The minimum absolute atomic E-state index is 0.168. The van der Waals surface area contributed by atoms with Gasteiger partial charge in [-0.15, -0.1) is 5.10 Å². The highest BCUT2D eigenvalue weighted by molar-refractivity contribution is 7.89. The summed E-state index contributed by atoms with van der Waals surface area (Å²) < 4.78 is 27.9. The third-order valence-corrected chi connectivity index (χ3v) is 7.11. The predicted octanol–water partition coefficient (Wildman–Crippen LogP) is 1.39. The molecule has 0 bridgehead atoms. The van der Waals surface area contributed by atoms with Crippen molar-refractivity contribution in [1.29, 1.82) is 0 Å². The van der Waals surface area contributed by atoms with E-state index in [0.29, 0.717) is 49.0 Å². The number of nitrogens with zero attached hydrogens (tertiary/aromatic N) is 5. The Balaban J connectivity index is 1.84. The maximum absolute atomic E-state index is 13.2. The topological polar surface area (TPSA) is 97.6 Å². The first-order valence-corrected chi connectivity index (χ1v) is 11.5. The van der Waals surface area contributed by atoms with Gasteiger partial charge in [-0.2, -0.15) is 4.31 Å². The summed E-state index contributed by atoms with van der Waals surface area (Å²) in [5, 5.41) is 7.90. The van der Waals surface area contributed by atoms with E-state index in [1.54, 1.807) is 21.3 Å². The zero-order chi connectivity index (χ0) is 21.2. The highest BCUT2D eigenvalue weighted by atomic mass is 32.2. The summed E-state index contributed by atoms with van der Waals surface area (Å²) in [5.41, 5.74) is 0.913. The molecular formula is C19H29N5O4S. The molecule has 0 aliphatic carbocycles. The van der Waals surface area contributed by atoms with Gasteiger partial charge in [0.05, 0.1) is 4.90 Å². The minimum Gasteiger partial charge on any atom is -0.385 e. The highest BCUT2D eigenvalue weighted by Crippen LogP contribution is 2.27. The largest absolute Gasteiger partial charge is 0.385 e. The number of likely N-dealkylation sites (N-methyl/N-ethyl adjacent to an activating group) is 1. The van der Waals surface area contributed by atoms with E-state index in [0.717, 1.165) is 11.3 Å². The van der Waals surface area contributed by atoms with Crippen molar-refractivity contribution in [2.75, 3.05) is 32.8 Å². The van der Waals surface area contributed by atoms with Gasteiger partial charge < -0.3 is 9.74 Å². The van der Waals surface area contributed by atoms with Crippen LogP contribution in [0.2, 0.25) is 0 Å². The number of aromatic nitrogens is 3. The first-order chi connectivity index (χ1) is 13.8. The zero-order valence-electron chi connectivity index (χ0n) is 17.4. The molecule has 1 aromatic carbocycles. The van der Waals surface area contributed by atoms with Crippen molar-refractivity contribution in [1.82, 2.24) is 24.4 Å². The van der Waals surface area contributed by atoms with Crippen molar-refractivity contribution >= 4 is 27.0 Å². The monoisotopic (exact) mass is 423 g/mol. The molecule has 2 atom stereocenters. The van der Waals surface area contributed by atoms with Crippen LogP contribution in [0.4, 0.5) is 0 Å². The second-order valence-electron chi connectivity index (χ2n) is 7.72. The summed E-state index contributed by atoms with van der Waals surface area (Å²) in [7, 11) is -3.63. The number of piperidine rings is 1. The number of hydrogen-bond donors (Lipinski definition) is 0. The molecule has 1 aliphatic heterocycles. The smallest absolute Gasteiger partial charge is 0.263 e. The van der Waals surface area contributed by atoms with Crippen LogP contribution in [0.25, 0.3) is 11.0 Å². The Morgan fingerprint density at radius 3 is 2.48 bits per heavy atom. The Hall–Kier alpha value is -2.20. The van der Waals surface area contributed by atoms with Gasteiger partial charge in [-0.1, -0.05) is 18.7 Å². The van der Waals surface area contributed by atoms with Crippen LogP contribution in [0.3, 0.4) is 0 Å². The maximum atomic E-state index is 13.2. The molecule has 2 aromatic rings. The lowest BCUT2D eigenvalue weighted by Crippen LogP contribution is -2.42. The Bertz CT molecular complexity index is 960. The first-order valence-electron chi connectivity index (χ1n) is 10.0. The van der Waals surface area contributed by atoms with Gasteiger partial charge in [0.15, 0.2) is 6.61 Å². The Kier molecular flexibility index (Phi) is 6.42. The lowest BCUT2D eigenvalue weighted by molar-refractivity contribution is -0.136. The molecular weight excluding hydrogens is 394 g/mol. The van der Waals surface area contributed by atoms with E-state index in [2.05, 4.69) is 24.2 Å². The molecule has 0 spiro atoms. The number of carbonyl (C=O) groups excluding carboxylic acids is 1. The van der Waals surface area contributed by atoms with Gasteiger partial charge >= 0.3 is 0 Å². The quantitative estimate of drug-likeness (QED) is 0.668. The predicted molar refractivity (Wildman–Crippen MR) is 109 cm³/mol. The molecule has 1 amide bonds. The number of carbonyl (C=O) groups is 1. The van der Waals surface area contributed by atoms with Crippen molar-refractivity contribution in [3.8, 4) is 0 Å². The van der Waals surface area contributed by atoms with Crippen LogP contribution in [0.1, 0.15) is 34.1 Å². The van der Waals surface area contributed by atoms with E-state index < -0.39 is 10.0 Å². The van der Waals surface area contributed by atoms with Crippen molar-refractivity contribution in [3.63, 3.8) is 0 Å². The molecule has 0 radical (unpaired) electrons. The summed E-state index contributed by atoms with van der Waals surface area (Å²) in [4.78, 5) is 20.6. The molecule has 9 nitrogen and oxygen atoms in total. The van der Waals surface area contributed by atoms with Gasteiger partial charge in [0.2, 0.25) is 10.0 Å². The van der Waals surface area contributed by atoms with E-state index in [-0.39, 0.29) is 17.4 Å². The van der Waals surface area contributed by atoms with Gasteiger partial charge in [0.1, 0.15) is 11.0 Å².